The maximum absolute atomic E-state index is 14.1. The average molecular weight is 1210 g/mol. The van der Waals surface area contributed by atoms with Crippen molar-refractivity contribution in [1.29, 1.82) is 0 Å². The molecule has 2 fully saturated rings. The molecule has 2 aliphatic rings. The average Bonchev–Trinajstić information content (AvgIpc) is 2.69. The predicted octanol–water partition coefficient (Wildman–Crippen LogP) is 11.9. The van der Waals surface area contributed by atoms with Gasteiger partial charge in [-0.2, -0.15) is 16.8 Å². The van der Waals surface area contributed by atoms with E-state index < -0.39 is 67.2 Å². The van der Waals surface area contributed by atoms with Gasteiger partial charge in [-0.05, 0) is 147 Å². The lowest BCUT2D eigenvalue weighted by Crippen LogP contribution is -2.37. The monoisotopic (exact) mass is 1210 g/mol. The number of phenolic OH excluding ortho intramolecular Hbond substituents is 2. The normalized spacial score (nSPS) is 18.5. The summed E-state index contributed by atoms with van der Waals surface area (Å²) in [4.78, 5) is 52.5. The highest BCUT2D eigenvalue weighted by Gasteiger charge is 2.44. The third-order valence-electron chi connectivity index (χ3n) is 16.1. The van der Waals surface area contributed by atoms with E-state index in [0.717, 1.165) is 22.3 Å². The lowest BCUT2D eigenvalue weighted by molar-refractivity contribution is -0.169. The van der Waals surface area contributed by atoms with Crippen molar-refractivity contribution in [2.45, 2.75) is 139 Å². The summed E-state index contributed by atoms with van der Waals surface area (Å²) in [6.07, 6.45) is 0.733. The minimum absolute atomic E-state index is 0.104. The molecule has 0 spiro atoms. The van der Waals surface area contributed by atoms with Crippen molar-refractivity contribution in [3.8, 4) is 11.5 Å². The van der Waals surface area contributed by atoms with Crippen LogP contribution in [-0.4, -0.2) is 87.8 Å². The van der Waals surface area contributed by atoms with Crippen LogP contribution < -0.4 is 0 Å². The molecule has 2 heterocycles. The van der Waals surface area contributed by atoms with Crippen LogP contribution in [0.4, 0.5) is 0 Å². The van der Waals surface area contributed by atoms with Crippen LogP contribution in [0, 0.1) is 10.8 Å². The summed E-state index contributed by atoms with van der Waals surface area (Å²) in [5.41, 5.74) is 1.17. The largest absolute Gasteiger partial charge is 0.508 e. The van der Waals surface area contributed by atoms with Crippen molar-refractivity contribution >= 4 is 55.5 Å². The van der Waals surface area contributed by atoms with Gasteiger partial charge in [0.2, 0.25) is 12.2 Å². The molecular weight excluding hydrogens is 1140 g/mol. The summed E-state index contributed by atoms with van der Waals surface area (Å²) in [6, 6.07) is 42.0. The Kier molecular flexibility index (Phi) is 20.6. The molecule has 0 saturated carbocycles. The number of hydrogen-bond acceptors (Lipinski definition) is 18. The fourth-order valence-electron chi connectivity index (χ4n) is 11.2. The highest BCUT2D eigenvalue weighted by atomic mass is 32.2. The summed E-state index contributed by atoms with van der Waals surface area (Å²) in [5, 5.41) is 28.2. The van der Waals surface area contributed by atoms with Crippen molar-refractivity contribution in [3.63, 3.8) is 0 Å². The fraction of sp³-hybridized carbons (Fsp3) is 0.364. The fourth-order valence-corrected chi connectivity index (χ4v) is 12.7. The Hall–Kier alpha value is -8.36. The summed E-state index contributed by atoms with van der Waals surface area (Å²) in [6.45, 7) is 11.7. The molecule has 6 aromatic carbocycles. The quantitative estimate of drug-likeness (QED) is 0.0210. The number of carbonyl (C=O) groups is 4. The lowest BCUT2D eigenvalue weighted by Gasteiger charge is -2.34. The van der Waals surface area contributed by atoms with Crippen LogP contribution in [0.25, 0.3) is 0 Å². The van der Waals surface area contributed by atoms with Crippen LogP contribution in [0.3, 0.4) is 0 Å². The minimum atomic E-state index is -4.68. The summed E-state index contributed by atoms with van der Waals surface area (Å²) >= 11 is 0. The molecule has 8 atom stereocenters. The van der Waals surface area contributed by atoms with Gasteiger partial charge in [0.25, 0.3) is 0 Å². The number of esters is 4. The van der Waals surface area contributed by atoms with E-state index in [4.69, 9.17) is 27.5 Å². The molecule has 8 rings (SSSR count). The maximum Gasteiger partial charge on any atom is 0.358 e. The molecule has 0 aromatic heterocycles. The summed E-state index contributed by atoms with van der Waals surface area (Å²) in [5.74, 6) is -3.03. The van der Waals surface area contributed by atoms with Crippen LogP contribution >= 0.6 is 0 Å². The molecule has 0 radical (unpaired) electrons. The summed E-state index contributed by atoms with van der Waals surface area (Å²) < 4.78 is 89.1. The van der Waals surface area contributed by atoms with Gasteiger partial charge in [0.1, 0.15) is 32.7 Å². The van der Waals surface area contributed by atoms with Crippen LogP contribution in [-0.2, 0) is 66.9 Å². The number of cyclic esters (lactones) is 2. The molecule has 0 amide bonds. The molecule has 2 N–H and O–H groups in total. The zero-order chi connectivity index (χ0) is 61.8. The van der Waals surface area contributed by atoms with Crippen LogP contribution in [0.1, 0.15) is 150 Å². The first-order chi connectivity index (χ1) is 41.0. The second kappa shape index (κ2) is 27.8. The topological polar surface area (TPSA) is 257 Å². The second-order valence-corrected chi connectivity index (χ2v) is 25.7. The van der Waals surface area contributed by atoms with Gasteiger partial charge in [0.05, 0.1) is 24.0 Å². The minimum Gasteiger partial charge on any atom is -0.508 e. The number of rotatable bonds is 27. The number of benzene rings is 6. The number of aromatic hydroxyl groups is 2. The van der Waals surface area contributed by atoms with Crippen LogP contribution in [0.5, 0.6) is 11.5 Å². The molecule has 2 saturated heterocycles. The van der Waals surface area contributed by atoms with Gasteiger partial charge in [0, 0.05) is 24.0 Å². The molecule has 6 aromatic rings. The van der Waals surface area contributed by atoms with E-state index in [0.29, 0.717) is 36.8 Å². The molecule has 0 bridgehead atoms. The Bertz CT molecular complexity index is 3380. The first-order valence-corrected chi connectivity index (χ1v) is 31.5. The number of hydrogen-bond donors (Lipinski definition) is 2. The van der Waals surface area contributed by atoms with Crippen molar-refractivity contribution < 1.29 is 73.7 Å². The number of phenols is 2. The molecule has 8 unspecified atom stereocenters. The first-order valence-electron chi connectivity index (χ1n) is 28.7. The molecule has 20 heteroatoms. The van der Waals surface area contributed by atoms with E-state index >= 15 is 0 Å². The van der Waals surface area contributed by atoms with Gasteiger partial charge < -0.3 is 29.2 Å². The van der Waals surface area contributed by atoms with Crippen molar-refractivity contribution in [1.82, 2.24) is 0 Å². The molecular formula is C66H72N2O16S2. The van der Waals surface area contributed by atoms with E-state index in [1.807, 2.05) is 27.7 Å². The van der Waals surface area contributed by atoms with E-state index in [2.05, 4.69) is 10.3 Å². The SMILES string of the molecule is CCC(CC(C)(CC(C)c1ccc(O)cc1)C(=O)OC1CCOC1=O)c1ccc(S(=O)(=O)O/N=C(\C(=N/OS(=O)(=O)c2ccc(C(CC)CC(C)(CC(C)c3ccc(O)cc3)C(=O)OC3CCOC3=O)cc2)c2ccccc2)c2ccccc2)cc1. The van der Waals surface area contributed by atoms with Gasteiger partial charge in [0.15, 0.2) is 0 Å². The first kappa shape index (κ1) is 63.7. The molecule has 86 heavy (non-hydrogen) atoms. The Morgan fingerprint density at radius 2 is 0.837 bits per heavy atom. The van der Waals surface area contributed by atoms with E-state index in [9.17, 15) is 46.2 Å². The maximum atomic E-state index is 14.1. The number of oxime groups is 2. The van der Waals surface area contributed by atoms with Crippen molar-refractivity contribution in [2.75, 3.05) is 13.2 Å². The van der Waals surface area contributed by atoms with Gasteiger partial charge in [-0.3, -0.25) is 18.2 Å². The van der Waals surface area contributed by atoms with Crippen molar-refractivity contribution in [2.24, 2.45) is 21.1 Å². The lowest BCUT2D eigenvalue weighted by atomic mass is 9.71. The van der Waals surface area contributed by atoms with Gasteiger partial charge in [-0.15, -0.1) is 0 Å². The zero-order valence-electron chi connectivity index (χ0n) is 48.9. The number of ether oxygens (including phenoxy) is 4. The van der Waals surface area contributed by atoms with Gasteiger partial charge in [-0.25, -0.2) is 9.59 Å². The Morgan fingerprint density at radius 3 is 1.14 bits per heavy atom. The molecule has 2 aliphatic heterocycles. The summed E-state index contributed by atoms with van der Waals surface area (Å²) in [7, 11) is -9.36. The smallest absolute Gasteiger partial charge is 0.358 e. The second-order valence-electron chi connectivity index (χ2n) is 22.6. The Morgan fingerprint density at radius 1 is 0.512 bits per heavy atom. The van der Waals surface area contributed by atoms with Crippen molar-refractivity contribution in [3.05, 3.63) is 191 Å². The van der Waals surface area contributed by atoms with E-state index in [1.54, 1.807) is 147 Å². The number of nitrogens with zero attached hydrogens (tertiary/aromatic N) is 2. The third-order valence-corrected chi connectivity index (χ3v) is 18.4. The van der Waals surface area contributed by atoms with Crippen LogP contribution in [0.2, 0.25) is 0 Å². The molecule has 454 valence electrons. The highest BCUT2D eigenvalue weighted by Crippen LogP contribution is 2.45. The van der Waals surface area contributed by atoms with Gasteiger partial charge >= 0.3 is 44.1 Å². The van der Waals surface area contributed by atoms with E-state index in [1.165, 1.54) is 24.3 Å². The molecule has 18 nitrogen and oxygen atoms in total. The highest BCUT2D eigenvalue weighted by molar-refractivity contribution is 7.87. The zero-order valence-corrected chi connectivity index (χ0v) is 50.5. The third kappa shape index (κ3) is 15.7. The van der Waals surface area contributed by atoms with Gasteiger partial charge in [-0.1, -0.05) is 147 Å². The standard InChI is InChI=1S/C66H72N2O16S2/c1-7-45(41-65(5,63(73)81-57-35-37-79-61(57)71)39-43(3)47-19-27-53(69)28-20-47)49-23-31-55(32-24-49)85(75,76)83-67-59(51-15-11-9-12-16-51)60(52-17-13-10-14-18-52)68-84-86(77,78)56-33-25-50(26-34-56)46(8-2)42-66(6,64(74)82-58-36-38-80-62(58)72)40-44(4)48-21-29-54(70)30-22-48/h9-34,43-46,57-58,69-70H,7-8,35-42H2,1-6H3/b67-59-,68-60-. The molecule has 0 aliphatic carbocycles. The predicted molar refractivity (Wildman–Crippen MR) is 320 cm³/mol. The van der Waals surface area contributed by atoms with E-state index in [-0.39, 0.29) is 95.3 Å². The van der Waals surface area contributed by atoms with Crippen LogP contribution in [0.15, 0.2) is 178 Å². The Balaban J connectivity index is 1.03. The Labute approximate surface area is 502 Å². The number of carbonyl (C=O) groups excluding carboxylic acids is 4.